The molecule has 0 aliphatic carbocycles. The van der Waals surface area contributed by atoms with E-state index in [9.17, 15) is 70.2 Å². The Hall–Kier alpha value is -1.16. The van der Waals surface area contributed by atoms with Gasteiger partial charge in [0.15, 0.2) is 0 Å². The Morgan fingerprint density at radius 2 is 0.840 bits per heavy atom. The van der Waals surface area contributed by atoms with Crippen LogP contribution in [0.15, 0.2) is 0 Å². The van der Waals surface area contributed by atoms with Crippen LogP contribution in [-0.4, -0.2) is 47.8 Å². The lowest BCUT2D eigenvalue weighted by Gasteiger charge is -2.37. The van der Waals surface area contributed by atoms with Crippen molar-refractivity contribution in [1.29, 1.82) is 0 Å². The van der Waals surface area contributed by atoms with Gasteiger partial charge in [-0.15, -0.1) is 0 Å². The van der Waals surface area contributed by atoms with E-state index in [1.807, 2.05) is 0 Å². The number of rotatable bonds is 4. The van der Waals surface area contributed by atoms with E-state index >= 15 is 0 Å². The molecule has 0 N–H and O–H groups in total. The van der Waals surface area contributed by atoms with Crippen molar-refractivity contribution in [2.24, 2.45) is 0 Å². The first kappa shape index (κ1) is 21.9. The number of alkyl halides is 16. The van der Waals surface area contributed by atoms with Gasteiger partial charge in [-0.3, -0.25) is 4.74 Å². The van der Waals surface area contributed by atoms with E-state index in [1.54, 1.807) is 0 Å². The van der Waals surface area contributed by atoms with Crippen LogP contribution >= 0.6 is 0 Å². The summed E-state index contributed by atoms with van der Waals surface area (Å²) in [5.74, 6) is -45.2. The Kier molecular flexibility index (Phi) is 4.17. The molecule has 1 heterocycles. The fourth-order valence-corrected chi connectivity index (χ4v) is 1.45. The molecule has 1 saturated heterocycles. The number of hydrogen-bond acceptors (Lipinski definition) is 1. The summed E-state index contributed by atoms with van der Waals surface area (Å²) in [6, 6.07) is 0. The van der Waals surface area contributed by atoms with Gasteiger partial charge in [-0.05, 0) is 0 Å². The van der Waals surface area contributed by atoms with Gasteiger partial charge in [-0.25, -0.2) is 0 Å². The largest absolute Gasteiger partial charge is 0.460 e. The zero-order chi connectivity index (χ0) is 20.7. The van der Waals surface area contributed by atoms with Gasteiger partial charge in [0, 0.05) is 0 Å². The number of hydrogen-bond donors (Lipinski definition) is 0. The van der Waals surface area contributed by atoms with Crippen molar-refractivity contribution in [3.63, 3.8) is 0 Å². The third kappa shape index (κ3) is 2.29. The van der Waals surface area contributed by atoms with Crippen molar-refractivity contribution in [1.82, 2.24) is 0 Å². The second-order valence-corrected chi connectivity index (χ2v) is 4.59. The summed E-state index contributed by atoms with van der Waals surface area (Å²) in [4.78, 5) is 0. The minimum atomic E-state index is -8.20. The summed E-state index contributed by atoms with van der Waals surface area (Å²) in [5, 5.41) is 0. The number of ether oxygens (including phenoxy) is 1. The molecule has 2 unspecified atom stereocenters. The first-order valence-electron chi connectivity index (χ1n) is 5.18. The van der Waals surface area contributed by atoms with Gasteiger partial charge >= 0.3 is 47.8 Å². The highest BCUT2D eigenvalue weighted by atomic mass is 19.4. The molecule has 1 aliphatic rings. The van der Waals surface area contributed by atoms with Crippen molar-refractivity contribution >= 4 is 0 Å². The molecule has 1 rings (SSSR count). The van der Waals surface area contributed by atoms with Crippen LogP contribution in [0, 0.1) is 0 Å². The first-order valence-corrected chi connectivity index (χ1v) is 5.18. The van der Waals surface area contributed by atoms with Crippen LogP contribution < -0.4 is 0 Å². The minimum Gasteiger partial charge on any atom is -0.286 e. The van der Waals surface area contributed by atoms with Gasteiger partial charge in [0.2, 0.25) is 0 Å². The molecule has 0 aromatic carbocycles. The smallest absolute Gasteiger partial charge is 0.286 e. The molecule has 0 saturated carbocycles. The predicted octanol–water partition coefficient (Wildman–Crippen LogP) is 5.01. The number of epoxide rings is 1. The normalized spacial score (nSPS) is 29.8. The lowest BCUT2D eigenvalue weighted by atomic mass is 9.93. The van der Waals surface area contributed by atoms with Gasteiger partial charge < -0.3 is 0 Å². The topological polar surface area (TPSA) is 12.5 Å². The summed E-state index contributed by atoms with van der Waals surface area (Å²) in [6.45, 7) is 0. The van der Waals surface area contributed by atoms with E-state index < -0.39 is 47.8 Å². The highest BCUT2D eigenvalue weighted by Crippen LogP contribution is 2.71. The van der Waals surface area contributed by atoms with Crippen LogP contribution in [0.1, 0.15) is 0 Å². The van der Waals surface area contributed by atoms with Gasteiger partial charge in [0.1, 0.15) is 0 Å². The molecule has 1 fully saturated rings. The molecule has 0 spiro atoms. The lowest BCUT2D eigenvalue weighted by Crippen LogP contribution is -2.69. The Morgan fingerprint density at radius 1 is 0.480 bits per heavy atom. The van der Waals surface area contributed by atoms with E-state index in [4.69, 9.17) is 0 Å². The molecule has 0 radical (unpaired) electrons. The Labute approximate surface area is 124 Å². The molecule has 25 heavy (non-hydrogen) atoms. The number of halogens is 16. The zero-order valence-corrected chi connectivity index (χ0v) is 10.5. The molecule has 150 valence electrons. The summed E-state index contributed by atoms with van der Waals surface area (Å²) >= 11 is 0. The lowest BCUT2D eigenvalue weighted by molar-refractivity contribution is -0.432. The van der Waals surface area contributed by atoms with Crippen molar-refractivity contribution in [3.8, 4) is 0 Å². The van der Waals surface area contributed by atoms with Crippen LogP contribution in [0.2, 0.25) is 0 Å². The highest BCUT2D eigenvalue weighted by molar-refractivity contribution is 5.21. The fraction of sp³-hybridized carbons (Fsp3) is 1.00. The van der Waals surface area contributed by atoms with Gasteiger partial charge in [-0.2, -0.15) is 70.2 Å². The zero-order valence-electron chi connectivity index (χ0n) is 10.5. The molecular weight excluding hydrogens is 416 g/mol. The second kappa shape index (κ2) is 4.76. The van der Waals surface area contributed by atoms with Gasteiger partial charge in [-0.1, -0.05) is 0 Å². The standard InChI is InChI=1S/C8F16O/c9-1(10,2(11,12)4(15,16)7(19,20)21)3(13,14)5(17)6(18,25-5)8(22,23)24. The van der Waals surface area contributed by atoms with Crippen LogP contribution in [0.5, 0.6) is 0 Å². The summed E-state index contributed by atoms with van der Waals surface area (Å²) in [5.41, 5.74) is 0. The van der Waals surface area contributed by atoms with E-state index in [0.717, 1.165) is 0 Å². The maximum absolute atomic E-state index is 13.1. The van der Waals surface area contributed by atoms with E-state index in [0.29, 0.717) is 0 Å². The van der Waals surface area contributed by atoms with Crippen LogP contribution in [0.3, 0.4) is 0 Å². The molecule has 0 aromatic rings. The summed E-state index contributed by atoms with van der Waals surface area (Å²) in [7, 11) is 0. The Morgan fingerprint density at radius 3 is 1.08 bits per heavy atom. The molecule has 2 atom stereocenters. The van der Waals surface area contributed by atoms with Crippen LogP contribution in [-0.2, 0) is 4.74 Å². The van der Waals surface area contributed by atoms with Crippen LogP contribution in [0.25, 0.3) is 0 Å². The molecule has 1 aliphatic heterocycles. The third-order valence-electron chi connectivity index (χ3n) is 2.96. The molecule has 17 heteroatoms. The monoisotopic (exact) mass is 416 g/mol. The predicted molar refractivity (Wildman–Crippen MR) is 40.7 cm³/mol. The Bertz CT molecular complexity index is 543. The third-order valence-corrected chi connectivity index (χ3v) is 2.96. The van der Waals surface area contributed by atoms with Crippen molar-refractivity contribution in [3.05, 3.63) is 0 Å². The molecule has 0 amide bonds. The maximum Gasteiger partial charge on any atom is 0.460 e. The first-order chi connectivity index (χ1) is 10.5. The van der Waals surface area contributed by atoms with Crippen molar-refractivity contribution in [2.45, 2.75) is 47.8 Å². The SMILES string of the molecule is FC(F)(F)C(F)(F)C(F)(F)C(F)(F)C(F)(F)C1(F)OC1(F)C(F)(F)F. The average Bonchev–Trinajstić information content (AvgIpc) is 2.93. The quantitative estimate of drug-likeness (QED) is 0.464. The highest BCUT2D eigenvalue weighted by Gasteiger charge is 3.03. The minimum absolute atomic E-state index is 2.05. The fourth-order valence-electron chi connectivity index (χ4n) is 1.45. The molecular formula is C8F16O. The van der Waals surface area contributed by atoms with Crippen LogP contribution in [0.4, 0.5) is 70.2 Å². The summed E-state index contributed by atoms with van der Waals surface area (Å²) in [6.07, 6.45) is -14.5. The van der Waals surface area contributed by atoms with Crippen molar-refractivity contribution < 1.29 is 75.0 Å². The molecule has 0 bridgehead atoms. The van der Waals surface area contributed by atoms with E-state index in [-0.39, 0.29) is 0 Å². The van der Waals surface area contributed by atoms with Gasteiger partial charge in [0.05, 0.1) is 0 Å². The molecule has 1 nitrogen and oxygen atoms in total. The summed E-state index contributed by atoms with van der Waals surface area (Å²) < 4.78 is 201. The average molecular weight is 416 g/mol. The maximum atomic E-state index is 13.1. The van der Waals surface area contributed by atoms with Gasteiger partial charge in [0.25, 0.3) is 0 Å². The Balaban J connectivity index is 3.48. The second-order valence-electron chi connectivity index (χ2n) is 4.59. The van der Waals surface area contributed by atoms with E-state index in [1.165, 1.54) is 0 Å². The van der Waals surface area contributed by atoms with E-state index in [2.05, 4.69) is 4.74 Å². The molecule has 0 aromatic heterocycles. The van der Waals surface area contributed by atoms with Crippen molar-refractivity contribution in [2.75, 3.05) is 0 Å².